The largest absolute Gasteiger partial charge is 0.496 e. The molecule has 2 rings (SSSR count). The van der Waals surface area contributed by atoms with Gasteiger partial charge in [-0.3, -0.25) is 9.59 Å². The molecule has 0 spiro atoms. The molecule has 5 nitrogen and oxygen atoms in total. The molecule has 0 aliphatic rings. The van der Waals surface area contributed by atoms with Crippen LogP contribution < -0.4 is 15.4 Å². The highest BCUT2D eigenvalue weighted by molar-refractivity contribution is 5.95. The third-order valence-corrected chi connectivity index (χ3v) is 3.80. The van der Waals surface area contributed by atoms with E-state index in [-0.39, 0.29) is 11.8 Å². The van der Waals surface area contributed by atoms with Crippen molar-refractivity contribution in [3.05, 3.63) is 58.7 Å². The second kappa shape index (κ2) is 7.64. The third kappa shape index (κ3) is 4.35. The number of ether oxygens (including phenoxy) is 1. The van der Waals surface area contributed by atoms with Gasteiger partial charge in [-0.05, 0) is 55.3 Å². The van der Waals surface area contributed by atoms with Crippen molar-refractivity contribution in [1.29, 1.82) is 0 Å². The average Bonchev–Trinajstić information content (AvgIpc) is 2.55. The minimum absolute atomic E-state index is 0.144. The SMILES string of the molecule is COc1cc(C)c(C)cc1CNC(=O)c1ccc(NC(C)=O)cc1. The van der Waals surface area contributed by atoms with Crippen LogP contribution >= 0.6 is 0 Å². The molecule has 0 heterocycles. The summed E-state index contributed by atoms with van der Waals surface area (Å²) in [6.07, 6.45) is 0. The Morgan fingerprint density at radius 1 is 1.04 bits per heavy atom. The molecule has 0 aliphatic heterocycles. The summed E-state index contributed by atoms with van der Waals surface area (Å²) in [4.78, 5) is 23.3. The molecular formula is C19H22N2O3. The number of hydrogen-bond donors (Lipinski definition) is 2. The normalized spacial score (nSPS) is 10.2. The lowest BCUT2D eigenvalue weighted by Gasteiger charge is -2.13. The molecule has 0 bridgehead atoms. The summed E-state index contributed by atoms with van der Waals surface area (Å²) in [5.41, 5.74) is 4.43. The van der Waals surface area contributed by atoms with Crippen LogP contribution in [-0.2, 0) is 11.3 Å². The van der Waals surface area contributed by atoms with Gasteiger partial charge in [0.25, 0.3) is 5.91 Å². The Labute approximate surface area is 142 Å². The molecule has 2 amide bonds. The summed E-state index contributed by atoms with van der Waals surface area (Å²) in [5, 5.41) is 5.56. The predicted molar refractivity (Wildman–Crippen MR) is 94.4 cm³/mol. The molecule has 0 unspecified atom stereocenters. The maximum absolute atomic E-state index is 12.3. The lowest BCUT2D eigenvalue weighted by atomic mass is 10.0. The van der Waals surface area contributed by atoms with Crippen LogP contribution in [0.25, 0.3) is 0 Å². The molecule has 0 aliphatic carbocycles. The maximum atomic E-state index is 12.3. The molecular weight excluding hydrogens is 304 g/mol. The van der Waals surface area contributed by atoms with Gasteiger partial charge in [0, 0.05) is 30.3 Å². The molecule has 5 heteroatoms. The van der Waals surface area contributed by atoms with Crippen molar-refractivity contribution in [2.75, 3.05) is 12.4 Å². The second-order valence-electron chi connectivity index (χ2n) is 5.69. The molecule has 0 aromatic heterocycles. The first-order valence-electron chi connectivity index (χ1n) is 7.70. The van der Waals surface area contributed by atoms with Gasteiger partial charge in [0.15, 0.2) is 0 Å². The van der Waals surface area contributed by atoms with Gasteiger partial charge in [-0.25, -0.2) is 0 Å². The molecule has 0 fully saturated rings. The van der Waals surface area contributed by atoms with Gasteiger partial charge in [0.2, 0.25) is 5.91 Å². The summed E-state index contributed by atoms with van der Waals surface area (Å²) < 4.78 is 5.38. The lowest BCUT2D eigenvalue weighted by molar-refractivity contribution is -0.114. The second-order valence-corrected chi connectivity index (χ2v) is 5.69. The van der Waals surface area contributed by atoms with Crippen molar-refractivity contribution in [2.24, 2.45) is 0 Å². The monoisotopic (exact) mass is 326 g/mol. The van der Waals surface area contributed by atoms with E-state index in [0.717, 1.165) is 22.4 Å². The molecule has 0 radical (unpaired) electrons. The number of aryl methyl sites for hydroxylation is 2. The summed E-state index contributed by atoms with van der Waals surface area (Å²) >= 11 is 0. The van der Waals surface area contributed by atoms with E-state index in [1.165, 1.54) is 6.92 Å². The van der Waals surface area contributed by atoms with E-state index >= 15 is 0 Å². The fourth-order valence-corrected chi connectivity index (χ4v) is 2.36. The van der Waals surface area contributed by atoms with Crippen molar-refractivity contribution in [3.8, 4) is 5.75 Å². The highest BCUT2D eigenvalue weighted by Gasteiger charge is 2.09. The molecule has 2 N–H and O–H groups in total. The van der Waals surface area contributed by atoms with E-state index in [2.05, 4.69) is 10.6 Å². The van der Waals surface area contributed by atoms with Crippen LogP contribution in [-0.4, -0.2) is 18.9 Å². The van der Waals surface area contributed by atoms with Crippen LogP contribution in [0.2, 0.25) is 0 Å². The van der Waals surface area contributed by atoms with Gasteiger partial charge in [-0.2, -0.15) is 0 Å². The molecule has 2 aromatic carbocycles. The number of amides is 2. The molecule has 0 saturated carbocycles. The number of hydrogen-bond acceptors (Lipinski definition) is 3. The van der Waals surface area contributed by atoms with E-state index in [9.17, 15) is 9.59 Å². The van der Waals surface area contributed by atoms with Crippen LogP contribution in [0.4, 0.5) is 5.69 Å². The van der Waals surface area contributed by atoms with Gasteiger partial charge in [-0.15, -0.1) is 0 Å². The Balaban J connectivity index is 2.05. The Morgan fingerprint density at radius 3 is 2.25 bits per heavy atom. The molecule has 0 atom stereocenters. The maximum Gasteiger partial charge on any atom is 0.251 e. The number of methoxy groups -OCH3 is 1. The fraction of sp³-hybridized carbons (Fsp3) is 0.263. The number of nitrogens with one attached hydrogen (secondary N) is 2. The molecule has 0 saturated heterocycles. The highest BCUT2D eigenvalue weighted by atomic mass is 16.5. The smallest absolute Gasteiger partial charge is 0.251 e. The Hall–Kier alpha value is -2.82. The quantitative estimate of drug-likeness (QED) is 0.886. The lowest BCUT2D eigenvalue weighted by Crippen LogP contribution is -2.23. The zero-order valence-corrected chi connectivity index (χ0v) is 14.4. The first-order valence-corrected chi connectivity index (χ1v) is 7.70. The average molecular weight is 326 g/mol. The third-order valence-electron chi connectivity index (χ3n) is 3.80. The zero-order valence-electron chi connectivity index (χ0n) is 14.4. The highest BCUT2D eigenvalue weighted by Crippen LogP contribution is 2.23. The van der Waals surface area contributed by atoms with E-state index in [1.807, 2.05) is 26.0 Å². The first-order chi connectivity index (χ1) is 11.4. The van der Waals surface area contributed by atoms with Crippen LogP contribution in [0.1, 0.15) is 34.0 Å². The summed E-state index contributed by atoms with van der Waals surface area (Å²) in [5.74, 6) is 0.443. The van der Waals surface area contributed by atoms with Gasteiger partial charge >= 0.3 is 0 Å². The molecule has 2 aromatic rings. The van der Waals surface area contributed by atoms with Gasteiger partial charge in [-0.1, -0.05) is 6.07 Å². The van der Waals surface area contributed by atoms with Crippen LogP contribution in [0.5, 0.6) is 5.75 Å². The van der Waals surface area contributed by atoms with E-state index < -0.39 is 0 Å². The number of carbonyl (C=O) groups is 2. The zero-order chi connectivity index (χ0) is 17.7. The number of rotatable bonds is 5. The van der Waals surface area contributed by atoms with Crippen molar-refractivity contribution < 1.29 is 14.3 Å². The Kier molecular flexibility index (Phi) is 5.58. The van der Waals surface area contributed by atoms with Crippen molar-refractivity contribution in [2.45, 2.75) is 27.3 Å². The van der Waals surface area contributed by atoms with Gasteiger partial charge < -0.3 is 15.4 Å². The van der Waals surface area contributed by atoms with Crippen molar-refractivity contribution in [1.82, 2.24) is 5.32 Å². The number of anilines is 1. The summed E-state index contributed by atoms with van der Waals surface area (Å²) in [7, 11) is 1.62. The minimum Gasteiger partial charge on any atom is -0.496 e. The van der Waals surface area contributed by atoms with Gasteiger partial charge in [0.05, 0.1) is 7.11 Å². The van der Waals surface area contributed by atoms with Gasteiger partial charge in [0.1, 0.15) is 5.75 Å². The fourth-order valence-electron chi connectivity index (χ4n) is 2.36. The van der Waals surface area contributed by atoms with E-state index in [1.54, 1.807) is 31.4 Å². The summed E-state index contributed by atoms with van der Waals surface area (Å²) in [6.45, 7) is 5.88. The molecule has 24 heavy (non-hydrogen) atoms. The topological polar surface area (TPSA) is 67.4 Å². The van der Waals surface area contributed by atoms with Crippen LogP contribution in [0.3, 0.4) is 0 Å². The van der Waals surface area contributed by atoms with E-state index in [0.29, 0.717) is 17.8 Å². The van der Waals surface area contributed by atoms with Crippen LogP contribution in [0.15, 0.2) is 36.4 Å². The van der Waals surface area contributed by atoms with Crippen LogP contribution in [0, 0.1) is 13.8 Å². The Bertz CT molecular complexity index is 752. The summed E-state index contributed by atoms with van der Waals surface area (Å²) in [6, 6.07) is 10.8. The molecule has 126 valence electrons. The van der Waals surface area contributed by atoms with E-state index in [4.69, 9.17) is 4.74 Å². The predicted octanol–water partition coefficient (Wildman–Crippen LogP) is 3.20. The van der Waals surface area contributed by atoms with Crippen molar-refractivity contribution >= 4 is 17.5 Å². The standard InChI is InChI=1S/C19H22N2O3/c1-12-9-16(18(24-4)10-13(12)2)11-20-19(23)15-5-7-17(8-6-15)21-14(3)22/h5-10H,11H2,1-4H3,(H,20,23)(H,21,22). The Morgan fingerprint density at radius 2 is 1.67 bits per heavy atom. The minimum atomic E-state index is -0.176. The number of benzene rings is 2. The first kappa shape index (κ1) is 17.5. The number of carbonyl (C=O) groups excluding carboxylic acids is 2. The van der Waals surface area contributed by atoms with Crippen molar-refractivity contribution in [3.63, 3.8) is 0 Å².